The number of carbonyl (C=O) groups excluding carboxylic acids is 3. The second kappa shape index (κ2) is 12.0. The number of anilines is 2. The van der Waals surface area contributed by atoms with Gasteiger partial charge >= 0.3 is 5.97 Å². The Labute approximate surface area is 236 Å². The fourth-order valence-corrected chi connectivity index (χ4v) is 4.77. The summed E-state index contributed by atoms with van der Waals surface area (Å²) in [4.78, 5) is 56.1. The van der Waals surface area contributed by atoms with Gasteiger partial charge in [-0.25, -0.2) is 10.3 Å². The largest absolute Gasteiger partial charge is 0.478 e. The number of amides is 3. The summed E-state index contributed by atoms with van der Waals surface area (Å²) in [7, 11) is 0. The van der Waals surface area contributed by atoms with Gasteiger partial charge in [0.15, 0.2) is 0 Å². The van der Waals surface area contributed by atoms with E-state index in [1.54, 1.807) is 37.3 Å². The number of carboxylic acid groups (broad SMARTS) is 1. The van der Waals surface area contributed by atoms with Gasteiger partial charge in [-0.15, -0.1) is 0 Å². The van der Waals surface area contributed by atoms with Crippen LogP contribution in [-0.2, 0) is 14.4 Å². The molecular weight excluding hydrogens is 526 g/mol. The molecule has 0 bridgehead atoms. The standard InChI is InChI=1S/C30H29N5O6/c1-18-15-23-24(16-22(18)30(39)40)33-29(38)26(23)27(19-5-3-2-4-6-19)32-21-9-7-20(8-10-21)28(37)34-41-14-13-35-12-11-31-25(36)17-35/h2-10,15-16,32H,11-14,17H2,1H3,(H,31,36)(H,33,38)(H,34,37)(H,39,40)/b27-26-. The van der Waals surface area contributed by atoms with Gasteiger partial charge in [-0.1, -0.05) is 30.3 Å². The van der Waals surface area contributed by atoms with Crippen molar-refractivity contribution in [2.75, 3.05) is 43.4 Å². The molecule has 0 saturated carbocycles. The van der Waals surface area contributed by atoms with Gasteiger partial charge in [0.1, 0.15) is 0 Å². The third-order valence-electron chi connectivity index (χ3n) is 6.86. The summed E-state index contributed by atoms with van der Waals surface area (Å²) in [6.07, 6.45) is 0. The first-order chi connectivity index (χ1) is 19.8. The lowest BCUT2D eigenvalue weighted by atomic mass is 9.96. The van der Waals surface area contributed by atoms with E-state index in [-0.39, 0.29) is 24.0 Å². The predicted octanol–water partition coefficient (Wildman–Crippen LogP) is 2.72. The molecule has 1 saturated heterocycles. The van der Waals surface area contributed by atoms with E-state index in [9.17, 15) is 24.3 Å². The molecular formula is C30H29N5O6. The number of nitrogens with zero attached hydrogens (tertiary/aromatic N) is 1. The number of piperazine rings is 1. The third kappa shape index (κ3) is 6.26. The SMILES string of the molecule is Cc1cc2c(cc1C(=O)O)NC(=O)/C2=C(\Nc1ccc(C(=O)NOCCN2CCNC(=O)C2)cc1)c1ccccc1. The van der Waals surface area contributed by atoms with Crippen LogP contribution in [0.25, 0.3) is 11.3 Å². The Hall–Kier alpha value is -5.00. The average Bonchev–Trinajstić information content (AvgIpc) is 3.28. The molecule has 1 fully saturated rings. The van der Waals surface area contributed by atoms with E-state index >= 15 is 0 Å². The monoisotopic (exact) mass is 555 g/mol. The smallest absolute Gasteiger partial charge is 0.336 e. The van der Waals surface area contributed by atoms with Gasteiger partial charge in [-0.05, 0) is 54.4 Å². The second-order valence-electron chi connectivity index (χ2n) is 9.70. The van der Waals surface area contributed by atoms with Crippen LogP contribution in [0.2, 0.25) is 0 Å². The molecule has 0 aliphatic carbocycles. The fourth-order valence-electron chi connectivity index (χ4n) is 4.77. The lowest BCUT2D eigenvalue weighted by Crippen LogP contribution is -2.48. The lowest BCUT2D eigenvalue weighted by molar-refractivity contribution is -0.124. The summed E-state index contributed by atoms with van der Waals surface area (Å²) >= 11 is 0. The lowest BCUT2D eigenvalue weighted by Gasteiger charge is -2.25. The van der Waals surface area contributed by atoms with Crippen LogP contribution in [0.5, 0.6) is 0 Å². The molecule has 2 aliphatic rings. The van der Waals surface area contributed by atoms with E-state index in [4.69, 9.17) is 4.84 Å². The number of carbonyl (C=O) groups is 4. The summed E-state index contributed by atoms with van der Waals surface area (Å²) in [6, 6.07) is 19.2. The molecule has 210 valence electrons. The molecule has 41 heavy (non-hydrogen) atoms. The van der Waals surface area contributed by atoms with Gasteiger partial charge in [0.2, 0.25) is 5.91 Å². The number of rotatable bonds is 9. The van der Waals surface area contributed by atoms with Gasteiger partial charge in [0.05, 0.1) is 35.7 Å². The molecule has 3 aromatic carbocycles. The van der Waals surface area contributed by atoms with Crippen LogP contribution in [-0.4, -0.2) is 66.5 Å². The highest BCUT2D eigenvalue weighted by Gasteiger charge is 2.30. The molecule has 5 rings (SSSR count). The quantitative estimate of drug-likeness (QED) is 0.154. The molecule has 2 heterocycles. The van der Waals surface area contributed by atoms with E-state index in [0.29, 0.717) is 59.0 Å². The topological polar surface area (TPSA) is 149 Å². The minimum absolute atomic E-state index is 0.0275. The number of nitrogens with one attached hydrogen (secondary N) is 4. The van der Waals surface area contributed by atoms with Crippen LogP contribution in [0, 0.1) is 6.92 Å². The summed E-state index contributed by atoms with van der Waals surface area (Å²) < 4.78 is 0. The van der Waals surface area contributed by atoms with Crippen LogP contribution in [0.1, 0.15) is 37.4 Å². The number of benzene rings is 3. The maximum Gasteiger partial charge on any atom is 0.336 e. The second-order valence-corrected chi connectivity index (χ2v) is 9.70. The summed E-state index contributed by atoms with van der Waals surface area (Å²) in [5.41, 5.74) is 6.80. The maximum absolute atomic E-state index is 13.2. The van der Waals surface area contributed by atoms with Crippen molar-refractivity contribution >= 4 is 46.3 Å². The van der Waals surface area contributed by atoms with Crippen molar-refractivity contribution in [3.63, 3.8) is 0 Å². The molecule has 11 heteroatoms. The Bertz CT molecular complexity index is 1530. The molecule has 3 amide bonds. The first-order valence-electron chi connectivity index (χ1n) is 13.1. The molecule has 0 aromatic heterocycles. The number of carboxylic acids is 1. The zero-order chi connectivity index (χ0) is 28.9. The van der Waals surface area contributed by atoms with Gasteiger partial charge in [0.25, 0.3) is 11.8 Å². The highest BCUT2D eigenvalue weighted by atomic mass is 16.7. The number of hydroxylamine groups is 1. The van der Waals surface area contributed by atoms with Crippen molar-refractivity contribution in [3.8, 4) is 0 Å². The van der Waals surface area contributed by atoms with E-state index < -0.39 is 11.9 Å². The number of fused-ring (bicyclic) bond motifs is 1. The maximum atomic E-state index is 13.2. The van der Waals surface area contributed by atoms with Crippen molar-refractivity contribution < 1.29 is 29.1 Å². The first kappa shape index (κ1) is 27.6. The van der Waals surface area contributed by atoms with Gasteiger partial charge in [0, 0.05) is 36.4 Å². The molecule has 5 N–H and O–H groups in total. The zero-order valence-electron chi connectivity index (χ0n) is 22.3. The van der Waals surface area contributed by atoms with E-state index in [0.717, 1.165) is 12.1 Å². The van der Waals surface area contributed by atoms with E-state index in [2.05, 4.69) is 21.4 Å². The molecule has 0 radical (unpaired) electrons. The molecule has 0 unspecified atom stereocenters. The number of hydrogen-bond acceptors (Lipinski definition) is 7. The van der Waals surface area contributed by atoms with Crippen LogP contribution >= 0.6 is 0 Å². The Morgan fingerprint density at radius 1 is 1.02 bits per heavy atom. The van der Waals surface area contributed by atoms with Crippen molar-refractivity contribution in [2.24, 2.45) is 0 Å². The van der Waals surface area contributed by atoms with Crippen LogP contribution in [0.4, 0.5) is 11.4 Å². The van der Waals surface area contributed by atoms with Crippen molar-refractivity contribution in [3.05, 3.63) is 94.5 Å². The van der Waals surface area contributed by atoms with E-state index in [1.807, 2.05) is 35.2 Å². The third-order valence-corrected chi connectivity index (χ3v) is 6.86. The number of hydrogen-bond donors (Lipinski definition) is 5. The van der Waals surface area contributed by atoms with Crippen LogP contribution in [0.3, 0.4) is 0 Å². The highest BCUT2D eigenvalue weighted by molar-refractivity contribution is 6.37. The summed E-state index contributed by atoms with van der Waals surface area (Å²) in [5.74, 6) is -1.86. The molecule has 3 aromatic rings. The van der Waals surface area contributed by atoms with Crippen molar-refractivity contribution in [1.82, 2.24) is 15.7 Å². The van der Waals surface area contributed by atoms with Gasteiger partial charge < -0.3 is 21.1 Å². The highest BCUT2D eigenvalue weighted by Crippen LogP contribution is 2.39. The molecule has 11 nitrogen and oxygen atoms in total. The Morgan fingerprint density at radius 2 is 1.78 bits per heavy atom. The molecule has 2 aliphatic heterocycles. The number of aromatic carboxylic acids is 1. The predicted molar refractivity (Wildman–Crippen MR) is 153 cm³/mol. The molecule has 0 spiro atoms. The van der Waals surface area contributed by atoms with Crippen molar-refractivity contribution in [2.45, 2.75) is 6.92 Å². The van der Waals surface area contributed by atoms with Crippen molar-refractivity contribution in [1.29, 1.82) is 0 Å². The Balaban J connectivity index is 1.32. The Morgan fingerprint density at radius 3 is 2.49 bits per heavy atom. The normalized spacial score (nSPS) is 15.9. The minimum atomic E-state index is -1.07. The van der Waals surface area contributed by atoms with Crippen LogP contribution < -0.4 is 21.4 Å². The minimum Gasteiger partial charge on any atom is -0.478 e. The Kier molecular flexibility index (Phi) is 8.09. The van der Waals surface area contributed by atoms with E-state index in [1.165, 1.54) is 6.07 Å². The van der Waals surface area contributed by atoms with Gasteiger partial charge in [-0.2, -0.15) is 0 Å². The van der Waals surface area contributed by atoms with Gasteiger partial charge in [-0.3, -0.25) is 24.1 Å². The zero-order valence-corrected chi connectivity index (χ0v) is 22.3. The molecule has 0 atom stereocenters. The fraction of sp³-hybridized carbons (Fsp3) is 0.200. The first-order valence-corrected chi connectivity index (χ1v) is 13.1. The van der Waals surface area contributed by atoms with Crippen LogP contribution in [0.15, 0.2) is 66.7 Å². The summed E-state index contributed by atoms with van der Waals surface area (Å²) in [6.45, 7) is 4.08. The average molecular weight is 556 g/mol. The number of aryl methyl sites for hydroxylation is 1. The summed E-state index contributed by atoms with van der Waals surface area (Å²) in [5, 5.41) is 18.4.